The lowest BCUT2D eigenvalue weighted by Crippen LogP contribution is -2.20. The first-order chi connectivity index (χ1) is 15.9. The Bertz CT molecular complexity index is 1270. The van der Waals surface area contributed by atoms with Crippen molar-refractivity contribution in [3.63, 3.8) is 0 Å². The third-order valence-corrected chi connectivity index (χ3v) is 6.35. The number of furan rings is 1. The summed E-state index contributed by atoms with van der Waals surface area (Å²) in [5.74, 6) is 0.538. The molecule has 0 bridgehead atoms. The molecule has 2 heterocycles. The number of carbonyl (C=O) groups excluding carboxylic acids is 1. The summed E-state index contributed by atoms with van der Waals surface area (Å²) in [6.45, 7) is 4.04. The number of carbonyl (C=O) groups is 1. The highest BCUT2D eigenvalue weighted by molar-refractivity contribution is 7.98. The second kappa shape index (κ2) is 9.76. The van der Waals surface area contributed by atoms with Gasteiger partial charge < -0.3 is 9.15 Å². The molecule has 1 atom stereocenters. The molecule has 1 unspecified atom stereocenters. The number of ether oxygens (including phenoxy) is 1. The van der Waals surface area contributed by atoms with E-state index < -0.39 is 5.97 Å². The van der Waals surface area contributed by atoms with Gasteiger partial charge in [0, 0.05) is 22.4 Å². The van der Waals surface area contributed by atoms with Gasteiger partial charge in [0.05, 0.1) is 12.6 Å². The fourth-order valence-corrected chi connectivity index (χ4v) is 4.44. The first-order valence-corrected chi connectivity index (χ1v) is 11.6. The fourth-order valence-electron chi connectivity index (χ4n) is 3.45. The number of nitrogens with zero attached hydrogens (tertiary/aromatic N) is 4. The van der Waals surface area contributed by atoms with E-state index in [0.29, 0.717) is 16.5 Å². The Morgan fingerprint density at radius 3 is 2.61 bits per heavy atom. The first kappa shape index (κ1) is 23.0. The Hall–Kier alpha value is -3.17. The average Bonchev–Trinajstić information content (AvgIpc) is 3.39. The summed E-state index contributed by atoms with van der Waals surface area (Å²) in [5, 5.41) is 10.3. The average molecular weight is 469 g/mol. The molecular weight excluding hydrogens is 443 g/mol. The molecule has 0 saturated heterocycles. The summed E-state index contributed by atoms with van der Waals surface area (Å²) in [7, 11) is 3.93. The summed E-state index contributed by atoms with van der Waals surface area (Å²) < 4.78 is 26.5. The van der Waals surface area contributed by atoms with E-state index >= 15 is 0 Å². The van der Waals surface area contributed by atoms with Gasteiger partial charge >= 0.3 is 5.97 Å². The van der Waals surface area contributed by atoms with Crippen molar-refractivity contribution >= 4 is 28.7 Å². The zero-order valence-electron chi connectivity index (χ0n) is 18.9. The van der Waals surface area contributed by atoms with Crippen LogP contribution in [0.1, 0.15) is 41.8 Å². The molecule has 2 aromatic carbocycles. The molecule has 0 aliphatic heterocycles. The van der Waals surface area contributed by atoms with Crippen LogP contribution < -0.4 is 0 Å². The zero-order valence-corrected chi connectivity index (χ0v) is 19.7. The molecule has 4 aromatic rings. The van der Waals surface area contributed by atoms with Crippen LogP contribution in [-0.4, -0.2) is 46.3 Å². The van der Waals surface area contributed by atoms with Gasteiger partial charge in [-0.15, -0.1) is 10.2 Å². The molecule has 0 spiro atoms. The van der Waals surface area contributed by atoms with E-state index in [4.69, 9.17) is 9.15 Å². The Kier molecular flexibility index (Phi) is 6.80. The smallest absolute Gasteiger partial charge is 0.374 e. The van der Waals surface area contributed by atoms with Crippen molar-refractivity contribution in [1.29, 1.82) is 0 Å². The van der Waals surface area contributed by atoms with Crippen molar-refractivity contribution in [3.05, 3.63) is 71.5 Å². The summed E-state index contributed by atoms with van der Waals surface area (Å²) in [4.78, 5) is 14.6. The van der Waals surface area contributed by atoms with E-state index in [1.54, 1.807) is 19.1 Å². The molecule has 0 radical (unpaired) electrons. The van der Waals surface area contributed by atoms with E-state index in [2.05, 4.69) is 10.2 Å². The molecule has 172 valence electrons. The van der Waals surface area contributed by atoms with Crippen LogP contribution >= 0.6 is 11.8 Å². The number of benzene rings is 2. The van der Waals surface area contributed by atoms with E-state index in [9.17, 15) is 9.18 Å². The van der Waals surface area contributed by atoms with Crippen LogP contribution in [0.2, 0.25) is 0 Å². The molecule has 0 N–H and O–H groups in total. The minimum atomic E-state index is -0.494. The maximum atomic E-state index is 13.6. The predicted molar refractivity (Wildman–Crippen MR) is 125 cm³/mol. The minimum absolute atomic E-state index is 0.0262. The summed E-state index contributed by atoms with van der Waals surface area (Å²) in [5.41, 5.74) is 2.12. The fraction of sp³-hybridized carbons (Fsp3) is 0.292. The molecule has 0 aliphatic carbocycles. The second-order valence-corrected chi connectivity index (χ2v) is 8.65. The highest BCUT2D eigenvalue weighted by Crippen LogP contribution is 2.34. The first-order valence-electron chi connectivity index (χ1n) is 10.6. The quantitative estimate of drug-likeness (QED) is 0.258. The Labute approximate surface area is 195 Å². The van der Waals surface area contributed by atoms with Gasteiger partial charge in [-0.05, 0) is 58.3 Å². The maximum Gasteiger partial charge on any atom is 0.374 e. The number of para-hydroxylation sites is 1. The van der Waals surface area contributed by atoms with Crippen LogP contribution in [0.4, 0.5) is 4.39 Å². The molecule has 33 heavy (non-hydrogen) atoms. The van der Waals surface area contributed by atoms with Crippen LogP contribution in [0.25, 0.3) is 16.7 Å². The Morgan fingerprint density at radius 2 is 1.91 bits per heavy atom. The second-order valence-electron chi connectivity index (χ2n) is 7.71. The van der Waals surface area contributed by atoms with Crippen LogP contribution in [0.3, 0.4) is 0 Å². The van der Waals surface area contributed by atoms with Crippen LogP contribution in [0.15, 0.2) is 58.1 Å². The molecule has 0 saturated carbocycles. The summed E-state index contributed by atoms with van der Waals surface area (Å²) in [6.07, 6.45) is 0. The number of hydrogen-bond donors (Lipinski definition) is 0. The normalized spacial score (nSPS) is 12.4. The maximum absolute atomic E-state index is 13.6. The lowest BCUT2D eigenvalue weighted by atomic mass is 10.1. The third-order valence-electron chi connectivity index (χ3n) is 5.40. The summed E-state index contributed by atoms with van der Waals surface area (Å²) in [6, 6.07) is 13.7. The number of fused-ring (bicyclic) bond motifs is 1. The van der Waals surface area contributed by atoms with Crippen LogP contribution in [0.5, 0.6) is 0 Å². The highest BCUT2D eigenvalue weighted by Gasteiger charge is 2.25. The van der Waals surface area contributed by atoms with Gasteiger partial charge in [0.15, 0.2) is 11.0 Å². The van der Waals surface area contributed by atoms with E-state index in [-0.39, 0.29) is 24.2 Å². The molecule has 2 aromatic heterocycles. The van der Waals surface area contributed by atoms with Gasteiger partial charge in [-0.3, -0.25) is 9.47 Å². The molecule has 0 aliphatic rings. The van der Waals surface area contributed by atoms with Gasteiger partial charge in [-0.2, -0.15) is 0 Å². The summed E-state index contributed by atoms with van der Waals surface area (Å²) >= 11 is 1.43. The van der Waals surface area contributed by atoms with Gasteiger partial charge in [-0.1, -0.05) is 30.0 Å². The lowest BCUT2D eigenvalue weighted by molar-refractivity contribution is 0.0491. The van der Waals surface area contributed by atoms with Gasteiger partial charge in [0.25, 0.3) is 0 Å². The number of halogens is 1. The number of thioether (sulfide) groups is 1. The molecule has 9 heteroatoms. The van der Waals surface area contributed by atoms with Crippen molar-refractivity contribution in [2.75, 3.05) is 20.7 Å². The van der Waals surface area contributed by atoms with Crippen molar-refractivity contribution in [2.45, 2.75) is 30.8 Å². The molecule has 7 nitrogen and oxygen atoms in total. The van der Waals surface area contributed by atoms with E-state index in [0.717, 1.165) is 22.5 Å². The molecular formula is C24H25FN4O3S. The number of rotatable bonds is 8. The Balaban J connectivity index is 1.74. The Morgan fingerprint density at radius 1 is 1.18 bits per heavy atom. The number of hydrogen-bond acceptors (Lipinski definition) is 7. The largest absolute Gasteiger partial charge is 0.460 e. The third kappa shape index (κ3) is 4.65. The molecule has 0 fully saturated rings. The van der Waals surface area contributed by atoms with Crippen molar-refractivity contribution in [2.24, 2.45) is 0 Å². The van der Waals surface area contributed by atoms with Gasteiger partial charge in [0.1, 0.15) is 11.4 Å². The molecule has 0 amide bonds. The standard InChI is InChI=1S/C24H25FN4O3S/c1-5-31-23(30)21-19(18-8-6-7-9-20(18)32-21)14-33-24-27-26-22(15(2)28(3)4)29(24)17-12-10-16(25)11-13-17/h6-13,15H,5,14H2,1-4H3. The monoisotopic (exact) mass is 468 g/mol. The van der Waals surface area contributed by atoms with Crippen molar-refractivity contribution in [1.82, 2.24) is 19.7 Å². The van der Waals surface area contributed by atoms with Crippen LogP contribution in [-0.2, 0) is 10.5 Å². The molecule has 4 rings (SSSR count). The SMILES string of the molecule is CCOC(=O)c1oc2ccccc2c1CSc1nnc(C(C)N(C)C)n1-c1ccc(F)cc1. The minimum Gasteiger partial charge on any atom is -0.460 e. The number of esters is 1. The van der Waals surface area contributed by atoms with E-state index in [1.165, 1.54) is 23.9 Å². The van der Waals surface area contributed by atoms with E-state index in [1.807, 2.05) is 54.8 Å². The topological polar surface area (TPSA) is 73.4 Å². The van der Waals surface area contributed by atoms with Gasteiger partial charge in [0.2, 0.25) is 5.76 Å². The predicted octanol–water partition coefficient (Wildman–Crippen LogP) is 5.24. The van der Waals surface area contributed by atoms with Crippen molar-refractivity contribution in [3.8, 4) is 5.69 Å². The number of aromatic nitrogens is 3. The van der Waals surface area contributed by atoms with Crippen LogP contribution in [0, 0.1) is 5.82 Å². The lowest BCUT2D eigenvalue weighted by Gasteiger charge is -2.20. The van der Waals surface area contributed by atoms with Crippen molar-refractivity contribution < 1.29 is 18.3 Å². The zero-order chi connectivity index (χ0) is 23.5. The highest BCUT2D eigenvalue weighted by atomic mass is 32.2. The van der Waals surface area contributed by atoms with Gasteiger partial charge in [-0.25, -0.2) is 9.18 Å².